The zero-order chi connectivity index (χ0) is 29.1. The molecule has 0 unspecified atom stereocenters. The van der Waals surface area contributed by atoms with Gasteiger partial charge in [-0.3, -0.25) is 4.79 Å². The number of aliphatic hydroxyl groups is 1. The van der Waals surface area contributed by atoms with Gasteiger partial charge in [0.1, 0.15) is 18.0 Å². The molecule has 0 amide bonds. The van der Waals surface area contributed by atoms with Crippen molar-refractivity contribution in [2.75, 3.05) is 25.6 Å². The third kappa shape index (κ3) is 7.83. The number of sulfone groups is 1. The molecule has 2 aliphatic rings. The van der Waals surface area contributed by atoms with E-state index in [4.69, 9.17) is 14.6 Å². The van der Waals surface area contributed by atoms with Gasteiger partial charge in [0.05, 0.1) is 23.5 Å². The summed E-state index contributed by atoms with van der Waals surface area (Å²) < 4.78 is 40.4. The number of aryl methyl sites for hydroxylation is 1. The van der Waals surface area contributed by atoms with Crippen molar-refractivity contribution in [2.45, 2.75) is 69.9 Å². The van der Waals surface area contributed by atoms with Crippen LogP contribution in [-0.4, -0.2) is 61.5 Å². The summed E-state index contributed by atoms with van der Waals surface area (Å²) in [6, 6.07) is 6.00. The molecular formula is C29H43N3O6SSi. The van der Waals surface area contributed by atoms with Crippen molar-refractivity contribution in [1.29, 1.82) is 0 Å². The van der Waals surface area contributed by atoms with Crippen LogP contribution >= 0.6 is 0 Å². The average Bonchev–Trinajstić information content (AvgIpc) is 3.85. The molecule has 2 fully saturated rings. The molecule has 2 saturated carbocycles. The lowest BCUT2D eigenvalue weighted by molar-refractivity contribution is 0.0815. The number of rotatable bonds is 12. The Hall–Kier alpha value is -2.47. The van der Waals surface area contributed by atoms with Crippen LogP contribution in [0.4, 0.5) is 0 Å². The van der Waals surface area contributed by atoms with Crippen LogP contribution < -0.4 is 10.3 Å². The average molecular weight is 590 g/mol. The zero-order valence-corrected chi connectivity index (χ0v) is 26.2. The molecule has 0 bridgehead atoms. The lowest BCUT2D eigenvalue weighted by atomic mass is 10.0. The van der Waals surface area contributed by atoms with E-state index in [1.165, 1.54) is 17.4 Å². The van der Waals surface area contributed by atoms with Crippen LogP contribution in [-0.2, 0) is 28.4 Å². The second-order valence-electron chi connectivity index (χ2n) is 12.2. The normalized spacial score (nSPS) is 15.7. The first-order chi connectivity index (χ1) is 18.9. The highest BCUT2D eigenvalue weighted by Gasteiger charge is 2.25. The number of hydrogen-bond acceptors (Lipinski definition) is 7. The molecule has 1 aromatic carbocycles. The molecular weight excluding hydrogens is 546 g/mol. The number of ether oxygens (including phenoxy) is 2. The Morgan fingerprint density at radius 1 is 1.10 bits per heavy atom. The molecule has 0 saturated heterocycles. The largest absolute Gasteiger partial charge is 0.493 e. The number of hydrogen-bond donors (Lipinski definition) is 1. The topological polar surface area (TPSA) is 113 Å². The summed E-state index contributed by atoms with van der Waals surface area (Å²) in [7, 11) is -2.96. The van der Waals surface area contributed by atoms with Crippen molar-refractivity contribution in [1.82, 2.24) is 14.3 Å². The van der Waals surface area contributed by atoms with E-state index >= 15 is 0 Å². The van der Waals surface area contributed by atoms with Crippen LogP contribution in [0.3, 0.4) is 0 Å². The Labute approximate surface area is 238 Å². The lowest BCUT2D eigenvalue weighted by Crippen LogP contribution is -2.23. The van der Waals surface area contributed by atoms with Crippen molar-refractivity contribution in [2.24, 2.45) is 18.9 Å². The van der Waals surface area contributed by atoms with Crippen LogP contribution in [0.5, 0.6) is 5.75 Å². The predicted octanol–water partition coefficient (Wildman–Crippen LogP) is 4.69. The number of aliphatic hydroxyl groups excluding tert-OH is 1. The van der Waals surface area contributed by atoms with Gasteiger partial charge >= 0.3 is 0 Å². The Bertz CT molecular complexity index is 1480. The predicted molar refractivity (Wildman–Crippen MR) is 160 cm³/mol. The van der Waals surface area contributed by atoms with E-state index in [1.807, 2.05) is 0 Å². The van der Waals surface area contributed by atoms with Crippen LogP contribution in [0.2, 0.25) is 25.7 Å². The van der Waals surface area contributed by atoms with Gasteiger partial charge in [0.15, 0.2) is 9.84 Å². The molecule has 2 heterocycles. The number of aromatic nitrogens is 3. The SMILES string of the molecule is CCS(=O)(=O)c1ccc(OCC2CC2)c(-c2cn(C)c(=O)c3c2cnn3COCC[Si](C)(C)C)c1.OCC1CC1. The van der Waals surface area contributed by atoms with Gasteiger partial charge in [-0.15, -0.1) is 0 Å². The molecule has 11 heteroatoms. The van der Waals surface area contributed by atoms with Gasteiger partial charge in [-0.25, -0.2) is 13.1 Å². The van der Waals surface area contributed by atoms with Crippen LogP contribution in [0, 0.1) is 11.8 Å². The highest BCUT2D eigenvalue weighted by molar-refractivity contribution is 7.91. The van der Waals surface area contributed by atoms with Gasteiger partial charge < -0.3 is 19.1 Å². The number of pyridine rings is 1. The second-order valence-corrected chi connectivity index (χ2v) is 20.1. The Balaban J connectivity index is 0.000000666. The highest BCUT2D eigenvalue weighted by atomic mass is 32.2. The second kappa shape index (κ2) is 12.6. The summed E-state index contributed by atoms with van der Waals surface area (Å²) in [4.78, 5) is 13.3. The quantitative estimate of drug-likeness (QED) is 0.241. The van der Waals surface area contributed by atoms with Crippen LogP contribution in [0.25, 0.3) is 22.0 Å². The van der Waals surface area contributed by atoms with E-state index in [2.05, 4.69) is 24.7 Å². The maximum Gasteiger partial charge on any atom is 0.276 e. The summed E-state index contributed by atoms with van der Waals surface area (Å²) in [5.74, 6) is 1.84. The molecule has 1 N–H and O–H groups in total. The first-order valence-electron chi connectivity index (χ1n) is 14.2. The van der Waals surface area contributed by atoms with Crippen molar-refractivity contribution in [3.8, 4) is 16.9 Å². The van der Waals surface area contributed by atoms with E-state index in [0.29, 0.717) is 59.4 Å². The number of nitrogens with zero attached hydrogens (tertiary/aromatic N) is 3. The van der Waals surface area contributed by atoms with Crippen LogP contribution in [0.15, 0.2) is 40.3 Å². The molecule has 40 heavy (non-hydrogen) atoms. The molecule has 3 aromatic rings. The minimum absolute atomic E-state index is 0.00407. The summed E-state index contributed by atoms with van der Waals surface area (Å²) in [6.45, 7) is 10.3. The van der Waals surface area contributed by atoms with Crippen molar-refractivity contribution >= 4 is 28.8 Å². The lowest BCUT2D eigenvalue weighted by Gasteiger charge is -2.16. The van der Waals surface area contributed by atoms with E-state index in [0.717, 1.165) is 18.9 Å². The standard InChI is InChI=1S/C25H35N3O5SSi.C4H8O/c1-6-34(30,31)19-9-10-23(33-16-18-7-8-18)20(13-19)22-15-27(2)25(29)24-21(22)14-26-28(24)17-32-11-12-35(3,4)5;5-3-4-1-2-4/h9-10,13-15,18H,6-8,11-12,16-17H2,1-5H3;4-5H,1-3H2. The van der Waals surface area contributed by atoms with E-state index in [9.17, 15) is 13.2 Å². The summed E-state index contributed by atoms with van der Waals surface area (Å²) in [6.07, 6.45) is 8.19. The Morgan fingerprint density at radius 3 is 2.38 bits per heavy atom. The van der Waals surface area contributed by atoms with Gasteiger partial charge in [-0.1, -0.05) is 26.6 Å². The fourth-order valence-corrected chi connectivity index (χ4v) is 5.80. The van der Waals surface area contributed by atoms with Crippen LogP contribution in [0.1, 0.15) is 32.6 Å². The molecule has 2 aromatic heterocycles. The number of benzene rings is 1. The molecule has 2 aliphatic carbocycles. The highest BCUT2D eigenvalue weighted by Crippen LogP contribution is 2.38. The maximum absolute atomic E-state index is 13.1. The summed E-state index contributed by atoms with van der Waals surface area (Å²) in [5, 5.41) is 13.3. The molecule has 220 valence electrons. The third-order valence-corrected chi connectivity index (χ3v) is 10.7. The molecule has 9 nitrogen and oxygen atoms in total. The summed E-state index contributed by atoms with van der Waals surface area (Å²) >= 11 is 0. The molecule has 0 aliphatic heterocycles. The smallest absolute Gasteiger partial charge is 0.276 e. The fourth-order valence-electron chi connectivity index (χ4n) is 4.14. The van der Waals surface area contributed by atoms with Gasteiger partial charge in [0.25, 0.3) is 5.56 Å². The minimum atomic E-state index is -3.42. The van der Waals surface area contributed by atoms with Crippen molar-refractivity contribution in [3.63, 3.8) is 0 Å². The monoisotopic (exact) mass is 589 g/mol. The first kappa shape index (κ1) is 30.5. The van der Waals surface area contributed by atoms with Crippen molar-refractivity contribution < 1.29 is 23.0 Å². The summed E-state index contributed by atoms with van der Waals surface area (Å²) in [5.41, 5.74) is 1.58. The zero-order valence-electron chi connectivity index (χ0n) is 24.4. The van der Waals surface area contributed by atoms with Gasteiger partial charge in [-0.2, -0.15) is 5.10 Å². The van der Waals surface area contributed by atoms with E-state index in [1.54, 1.807) is 49.2 Å². The molecule has 0 spiro atoms. The minimum Gasteiger partial charge on any atom is -0.493 e. The third-order valence-electron chi connectivity index (χ3n) is 7.29. The van der Waals surface area contributed by atoms with Gasteiger partial charge in [0.2, 0.25) is 0 Å². The molecule has 0 radical (unpaired) electrons. The molecule has 0 atom stereocenters. The number of fused-ring (bicyclic) bond motifs is 1. The first-order valence-corrected chi connectivity index (χ1v) is 19.5. The fraction of sp³-hybridized carbons (Fsp3) is 0.586. The van der Waals surface area contributed by atoms with Gasteiger partial charge in [-0.05, 0) is 61.8 Å². The maximum atomic E-state index is 13.1. The van der Waals surface area contributed by atoms with Gasteiger partial charge in [0, 0.05) is 51.0 Å². The Morgan fingerprint density at radius 2 is 1.80 bits per heavy atom. The Kier molecular flexibility index (Phi) is 9.59. The van der Waals surface area contributed by atoms with E-state index < -0.39 is 17.9 Å². The van der Waals surface area contributed by atoms with Crippen molar-refractivity contribution in [3.05, 3.63) is 40.9 Å². The molecule has 5 rings (SSSR count). The van der Waals surface area contributed by atoms with E-state index in [-0.39, 0.29) is 22.9 Å².